The second-order valence-corrected chi connectivity index (χ2v) is 3.91. The molecule has 0 amide bonds. The van der Waals surface area contributed by atoms with Gasteiger partial charge in [0, 0.05) is 13.0 Å². The average molecular weight is 205 g/mol. The van der Waals surface area contributed by atoms with Crippen molar-refractivity contribution in [3.8, 4) is 12.1 Å². The lowest BCUT2D eigenvalue weighted by molar-refractivity contribution is -0.117. The van der Waals surface area contributed by atoms with Crippen LogP contribution in [0.4, 0.5) is 0 Å². The van der Waals surface area contributed by atoms with Crippen molar-refractivity contribution < 1.29 is 4.79 Å². The van der Waals surface area contributed by atoms with Crippen molar-refractivity contribution in [1.29, 1.82) is 10.5 Å². The first kappa shape index (κ1) is 11.7. The van der Waals surface area contributed by atoms with Crippen molar-refractivity contribution in [3.05, 3.63) is 0 Å². The molecule has 15 heavy (non-hydrogen) atoms. The molecule has 1 heterocycles. The predicted molar refractivity (Wildman–Crippen MR) is 54.7 cm³/mol. The molecule has 0 aliphatic carbocycles. The van der Waals surface area contributed by atoms with E-state index in [9.17, 15) is 4.79 Å². The fourth-order valence-electron chi connectivity index (χ4n) is 1.93. The number of carbonyl (C=O) groups excluding carboxylic acids is 1. The van der Waals surface area contributed by atoms with Crippen LogP contribution in [0.1, 0.15) is 32.6 Å². The third kappa shape index (κ3) is 3.04. The van der Waals surface area contributed by atoms with Crippen LogP contribution in [0.15, 0.2) is 0 Å². The molecule has 1 fully saturated rings. The maximum atomic E-state index is 10.9. The lowest BCUT2D eigenvalue weighted by Gasteiger charge is -2.34. The summed E-state index contributed by atoms with van der Waals surface area (Å²) in [6.45, 7) is 2.07. The Balaban J connectivity index is 2.64. The number of likely N-dealkylation sites (tertiary alicyclic amines) is 1. The summed E-state index contributed by atoms with van der Waals surface area (Å²) in [7, 11) is 0. The van der Waals surface area contributed by atoms with Crippen LogP contribution >= 0.6 is 0 Å². The quantitative estimate of drug-likeness (QED) is 0.695. The molecule has 0 bridgehead atoms. The molecule has 0 saturated carbocycles. The van der Waals surface area contributed by atoms with Crippen molar-refractivity contribution >= 4 is 5.78 Å². The molecule has 1 saturated heterocycles. The highest BCUT2D eigenvalue weighted by atomic mass is 16.1. The summed E-state index contributed by atoms with van der Waals surface area (Å²) in [5.74, 6) is 0.106. The Hall–Kier alpha value is -1.39. The van der Waals surface area contributed by atoms with Crippen molar-refractivity contribution in [2.45, 2.75) is 44.7 Å². The largest absolute Gasteiger partial charge is 0.300 e. The Kier molecular flexibility index (Phi) is 4.27. The molecule has 0 radical (unpaired) electrons. The lowest BCUT2D eigenvalue weighted by atomic mass is 9.96. The maximum absolute atomic E-state index is 10.9. The maximum Gasteiger partial charge on any atom is 0.131 e. The summed E-state index contributed by atoms with van der Waals surface area (Å²) in [6.07, 6.45) is 2.97. The second kappa shape index (κ2) is 5.48. The van der Waals surface area contributed by atoms with E-state index in [1.165, 1.54) is 6.92 Å². The fraction of sp³-hybridized carbons (Fsp3) is 0.727. The van der Waals surface area contributed by atoms with Crippen LogP contribution in [0.2, 0.25) is 0 Å². The molecule has 4 nitrogen and oxygen atoms in total. The average Bonchev–Trinajstić information content (AvgIpc) is 2.25. The molecule has 1 aliphatic heterocycles. The van der Waals surface area contributed by atoms with Crippen LogP contribution < -0.4 is 0 Å². The standard InChI is InChI=1S/C11H15N3O/c1-9(15)5-6-14-10(7-12)3-2-4-11(14)8-13/h10-11H,2-6H2,1H3. The van der Waals surface area contributed by atoms with Gasteiger partial charge >= 0.3 is 0 Å². The van der Waals surface area contributed by atoms with Gasteiger partial charge in [-0.2, -0.15) is 10.5 Å². The molecule has 0 N–H and O–H groups in total. The van der Waals surface area contributed by atoms with Gasteiger partial charge < -0.3 is 0 Å². The number of nitrogens with zero attached hydrogens (tertiary/aromatic N) is 3. The van der Waals surface area contributed by atoms with E-state index >= 15 is 0 Å². The van der Waals surface area contributed by atoms with Gasteiger partial charge in [-0.1, -0.05) is 0 Å². The van der Waals surface area contributed by atoms with E-state index in [2.05, 4.69) is 12.1 Å². The highest BCUT2D eigenvalue weighted by molar-refractivity contribution is 5.75. The van der Waals surface area contributed by atoms with Crippen LogP contribution in [0.25, 0.3) is 0 Å². The highest BCUT2D eigenvalue weighted by Gasteiger charge is 2.30. The van der Waals surface area contributed by atoms with Gasteiger partial charge in [-0.15, -0.1) is 0 Å². The topological polar surface area (TPSA) is 67.9 Å². The van der Waals surface area contributed by atoms with E-state index in [-0.39, 0.29) is 17.9 Å². The monoisotopic (exact) mass is 205 g/mol. The summed E-state index contributed by atoms with van der Waals surface area (Å²) in [5, 5.41) is 17.9. The number of piperidine rings is 1. The van der Waals surface area contributed by atoms with Crippen molar-refractivity contribution in [3.63, 3.8) is 0 Å². The van der Waals surface area contributed by atoms with Crippen molar-refractivity contribution in [2.75, 3.05) is 6.54 Å². The van der Waals surface area contributed by atoms with E-state index in [0.29, 0.717) is 13.0 Å². The third-order valence-corrected chi connectivity index (χ3v) is 2.78. The fourth-order valence-corrected chi connectivity index (χ4v) is 1.93. The van der Waals surface area contributed by atoms with Crippen LogP contribution in [0, 0.1) is 22.7 Å². The minimum atomic E-state index is -0.192. The molecule has 0 spiro atoms. The van der Waals surface area contributed by atoms with Crippen molar-refractivity contribution in [2.24, 2.45) is 0 Å². The van der Waals surface area contributed by atoms with E-state index in [0.717, 1.165) is 19.3 Å². The van der Waals surface area contributed by atoms with Gasteiger partial charge in [-0.05, 0) is 26.2 Å². The number of hydrogen-bond donors (Lipinski definition) is 0. The molecule has 0 aromatic carbocycles. The summed E-state index contributed by atoms with van der Waals surface area (Å²) >= 11 is 0. The normalized spacial score (nSPS) is 26.6. The molecule has 80 valence electrons. The van der Waals surface area contributed by atoms with Crippen LogP contribution in [-0.4, -0.2) is 29.3 Å². The molecule has 2 unspecified atom stereocenters. The Morgan fingerprint density at radius 1 is 1.33 bits per heavy atom. The molecule has 0 aromatic heterocycles. The lowest BCUT2D eigenvalue weighted by Crippen LogP contribution is -2.46. The van der Waals surface area contributed by atoms with Crippen LogP contribution in [0.3, 0.4) is 0 Å². The zero-order valence-electron chi connectivity index (χ0n) is 8.94. The van der Waals surface area contributed by atoms with E-state index in [4.69, 9.17) is 10.5 Å². The van der Waals surface area contributed by atoms with Gasteiger partial charge in [0.05, 0.1) is 24.2 Å². The number of ketones is 1. The molecule has 1 rings (SSSR count). The molecular weight excluding hydrogens is 190 g/mol. The molecule has 2 atom stereocenters. The molecule has 4 heteroatoms. The minimum Gasteiger partial charge on any atom is -0.300 e. The SMILES string of the molecule is CC(=O)CCN1C(C#N)CCCC1C#N. The van der Waals surface area contributed by atoms with Gasteiger partial charge in [0.25, 0.3) is 0 Å². The Labute approximate surface area is 90.1 Å². The van der Waals surface area contributed by atoms with Gasteiger partial charge in [0.1, 0.15) is 5.78 Å². The van der Waals surface area contributed by atoms with Gasteiger partial charge in [0.15, 0.2) is 0 Å². The van der Waals surface area contributed by atoms with Crippen LogP contribution in [-0.2, 0) is 4.79 Å². The minimum absolute atomic E-state index is 0.106. The summed E-state index contributed by atoms with van der Waals surface area (Å²) in [5.41, 5.74) is 0. The van der Waals surface area contributed by atoms with Gasteiger partial charge in [-0.25, -0.2) is 0 Å². The molecule has 1 aliphatic rings. The van der Waals surface area contributed by atoms with Crippen molar-refractivity contribution in [1.82, 2.24) is 4.90 Å². The van der Waals surface area contributed by atoms with E-state index in [1.54, 1.807) is 0 Å². The zero-order chi connectivity index (χ0) is 11.3. The summed E-state index contributed by atoms with van der Waals surface area (Å²) in [6, 6.07) is 4.03. The highest BCUT2D eigenvalue weighted by Crippen LogP contribution is 2.22. The Bertz CT molecular complexity index is 291. The number of Topliss-reactive ketones (excluding diaryl/α,β-unsaturated/α-hetero) is 1. The Morgan fingerprint density at radius 2 is 1.87 bits per heavy atom. The smallest absolute Gasteiger partial charge is 0.131 e. The summed E-state index contributed by atoms with van der Waals surface area (Å²) in [4.78, 5) is 12.7. The second-order valence-electron chi connectivity index (χ2n) is 3.91. The first-order chi connectivity index (χ1) is 7.19. The van der Waals surface area contributed by atoms with Gasteiger partial charge in [0.2, 0.25) is 0 Å². The van der Waals surface area contributed by atoms with Gasteiger partial charge in [-0.3, -0.25) is 9.69 Å². The Morgan fingerprint density at radius 3 is 2.27 bits per heavy atom. The number of nitriles is 2. The number of carbonyl (C=O) groups is 1. The predicted octanol–water partition coefficient (Wildman–Crippen LogP) is 1.24. The van der Waals surface area contributed by atoms with E-state index in [1.807, 2.05) is 4.90 Å². The molecule has 0 aromatic rings. The van der Waals surface area contributed by atoms with E-state index < -0.39 is 0 Å². The first-order valence-electron chi connectivity index (χ1n) is 5.23. The van der Waals surface area contributed by atoms with Crippen LogP contribution in [0.5, 0.6) is 0 Å². The summed E-state index contributed by atoms with van der Waals surface area (Å²) < 4.78 is 0. The first-order valence-corrected chi connectivity index (χ1v) is 5.23. The zero-order valence-corrected chi connectivity index (χ0v) is 8.94. The number of hydrogen-bond acceptors (Lipinski definition) is 4. The number of rotatable bonds is 3. The molecular formula is C11H15N3O. The third-order valence-electron chi connectivity index (χ3n) is 2.78.